The fourth-order valence-electron chi connectivity index (χ4n) is 3.55. The average Bonchev–Trinajstić information content (AvgIpc) is 3.21. The van der Waals surface area contributed by atoms with Crippen molar-refractivity contribution in [3.63, 3.8) is 0 Å². The molecule has 32 heavy (non-hydrogen) atoms. The van der Waals surface area contributed by atoms with Crippen molar-refractivity contribution in [3.8, 4) is 5.69 Å². The van der Waals surface area contributed by atoms with Crippen LogP contribution in [0.3, 0.4) is 0 Å². The van der Waals surface area contributed by atoms with E-state index in [1.165, 1.54) is 17.7 Å². The van der Waals surface area contributed by atoms with E-state index in [4.69, 9.17) is 0 Å². The molecule has 0 aliphatic rings. The smallest absolute Gasteiger partial charge is 0.273 e. The van der Waals surface area contributed by atoms with E-state index < -0.39 is 10.8 Å². The van der Waals surface area contributed by atoms with Gasteiger partial charge in [-0.25, -0.2) is 0 Å². The Balaban J connectivity index is 1.55. The van der Waals surface area contributed by atoms with Crippen LogP contribution < -0.4 is 5.32 Å². The number of amides is 1. The van der Waals surface area contributed by atoms with Crippen LogP contribution in [0, 0.1) is 17.0 Å². The molecule has 8 heteroatoms. The molecule has 1 amide bonds. The van der Waals surface area contributed by atoms with Crippen LogP contribution >= 0.6 is 0 Å². The van der Waals surface area contributed by atoms with Crippen molar-refractivity contribution in [1.29, 1.82) is 0 Å². The maximum atomic E-state index is 12.7. The minimum absolute atomic E-state index is 0.0863. The van der Waals surface area contributed by atoms with Crippen LogP contribution in [0.4, 0.5) is 11.4 Å². The summed E-state index contributed by atoms with van der Waals surface area (Å²) in [7, 11) is 0. The normalized spacial score (nSPS) is 10.9. The summed E-state index contributed by atoms with van der Waals surface area (Å²) in [4.78, 5) is 24.9. The number of anilines is 1. The maximum absolute atomic E-state index is 12.7. The molecule has 0 atom stereocenters. The largest absolute Gasteiger partial charge is 0.322 e. The van der Waals surface area contributed by atoms with Crippen molar-refractivity contribution < 1.29 is 9.72 Å². The molecule has 0 fully saturated rings. The number of aromatic nitrogens is 3. The van der Waals surface area contributed by atoms with E-state index in [1.807, 2.05) is 12.1 Å². The van der Waals surface area contributed by atoms with E-state index in [0.717, 1.165) is 24.9 Å². The Hall–Kier alpha value is -4.07. The molecule has 0 saturated carbocycles. The molecule has 162 valence electrons. The molecule has 0 aliphatic heterocycles. The summed E-state index contributed by atoms with van der Waals surface area (Å²) >= 11 is 0. The molecule has 8 nitrogen and oxygen atoms in total. The number of carbonyl (C=O) groups excluding carboxylic acids is 1. The summed E-state index contributed by atoms with van der Waals surface area (Å²) in [5.41, 5.74) is 4.51. The Morgan fingerprint density at radius 2 is 1.81 bits per heavy atom. The van der Waals surface area contributed by atoms with Gasteiger partial charge >= 0.3 is 0 Å². The van der Waals surface area contributed by atoms with Crippen LogP contribution in [0.1, 0.15) is 41.3 Å². The molecule has 3 aromatic carbocycles. The zero-order chi connectivity index (χ0) is 22.7. The quantitative estimate of drug-likeness (QED) is 0.320. The molecule has 0 saturated heterocycles. The molecule has 4 rings (SSSR count). The van der Waals surface area contributed by atoms with Gasteiger partial charge in [0, 0.05) is 22.9 Å². The van der Waals surface area contributed by atoms with Gasteiger partial charge in [-0.3, -0.25) is 14.9 Å². The number of aryl methyl sites for hydroxylation is 1. The molecule has 1 heterocycles. The lowest BCUT2D eigenvalue weighted by Gasteiger charge is -2.07. The lowest BCUT2D eigenvalue weighted by molar-refractivity contribution is -0.385. The molecule has 0 radical (unpaired) electrons. The third-order valence-electron chi connectivity index (χ3n) is 5.37. The highest BCUT2D eigenvalue weighted by atomic mass is 16.6. The van der Waals surface area contributed by atoms with Gasteiger partial charge in [0.2, 0.25) is 0 Å². The first kappa shape index (κ1) is 21.2. The molecule has 0 spiro atoms. The van der Waals surface area contributed by atoms with Gasteiger partial charge in [0.05, 0.1) is 10.6 Å². The van der Waals surface area contributed by atoms with Crippen LogP contribution in [0.25, 0.3) is 16.7 Å². The summed E-state index contributed by atoms with van der Waals surface area (Å²) in [6, 6.07) is 17.9. The number of nitrogens with one attached hydrogen (secondary N) is 1. The first-order valence-electron chi connectivity index (χ1n) is 10.5. The third kappa shape index (κ3) is 4.34. The van der Waals surface area contributed by atoms with Crippen molar-refractivity contribution in [1.82, 2.24) is 15.0 Å². The van der Waals surface area contributed by atoms with Gasteiger partial charge in [0.15, 0.2) is 0 Å². The van der Waals surface area contributed by atoms with Crippen LogP contribution in [-0.4, -0.2) is 25.8 Å². The Morgan fingerprint density at radius 3 is 2.53 bits per heavy atom. The van der Waals surface area contributed by atoms with Crippen molar-refractivity contribution in [3.05, 3.63) is 87.5 Å². The van der Waals surface area contributed by atoms with Crippen LogP contribution in [0.15, 0.2) is 60.7 Å². The summed E-state index contributed by atoms with van der Waals surface area (Å²) in [5, 5.41) is 23.0. The maximum Gasteiger partial charge on any atom is 0.273 e. The molecular weight excluding hydrogens is 406 g/mol. The van der Waals surface area contributed by atoms with Crippen LogP contribution in [-0.2, 0) is 6.42 Å². The number of unbranched alkanes of at least 4 members (excludes halogenated alkanes) is 1. The molecule has 1 N–H and O–H groups in total. The first-order chi connectivity index (χ1) is 15.5. The van der Waals surface area contributed by atoms with E-state index in [2.05, 4.69) is 34.6 Å². The van der Waals surface area contributed by atoms with Crippen LogP contribution in [0.5, 0.6) is 0 Å². The Labute approximate surface area is 185 Å². The number of nitro benzene ring substituents is 1. The Morgan fingerprint density at radius 1 is 1.06 bits per heavy atom. The highest BCUT2D eigenvalue weighted by molar-refractivity contribution is 6.06. The molecular formula is C24H23N5O3. The second-order valence-electron chi connectivity index (χ2n) is 7.62. The standard InChI is InChI=1S/C24H23N5O3/c1-3-4-6-17-9-12-19(13-10-17)28-26-21-14-11-18(15-22(21)27-28)25-24(30)20-7-5-8-23(16(20)2)29(31)32/h5,7-15H,3-4,6H2,1-2H3,(H,25,30). The number of hydrogen-bond acceptors (Lipinski definition) is 5. The van der Waals surface area contributed by atoms with E-state index in [9.17, 15) is 14.9 Å². The van der Waals surface area contributed by atoms with Gasteiger partial charge in [-0.2, -0.15) is 4.80 Å². The topological polar surface area (TPSA) is 103 Å². The zero-order valence-corrected chi connectivity index (χ0v) is 17.9. The highest BCUT2D eigenvalue weighted by Gasteiger charge is 2.18. The third-order valence-corrected chi connectivity index (χ3v) is 5.37. The van der Waals surface area contributed by atoms with Crippen molar-refractivity contribution >= 4 is 28.3 Å². The Bertz CT molecular complexity index is 1290. The molecule has 0 bridgehead atoms. The average molecular weight is 429 g/mol. The molecule has 0 aliphatic carbocycles. The lowest BCUT2D eigenvalue weighted by Crippen LogP contribution is -2.14. The first-order valence-corrected chi connectivity index (χ1v) is 10.5. The number of hydrogen-bond donors (Lipinski definition) is 1. The minimum Gasteiger partial charge on any atom is -0.322 e. The van der Waals surface area contributed by atoms with E-state index in [1.54, 1.807) is 36.0 Å². The van der Waals surface area contributed by atoms with Gasteiger partial charge in [-0.05, 0) is 61.7 Å². The summed E-state index contributed by atoms with van der Waals surface area (Å²) < 4.78 is 0. The van der Waals surface area contributed by atoms with Gasteiger partial charge < -0.3 is 5.32 Å². The summed E-state index contributed by atoms with van der Waals surface area (Å²) in [5.74, 6) is -0.416. The summed E-state index contributed by atoms with van der Waals surface area (Å²) in [6.07, 6.45) is 3.37. The SMILES string of the molecule is CCCCc1ccc(-n2nc3ccc(NC(=O)c4cccc([N+](=O)[O-])c4C)cc3n2)cc1. The van der Waals surface area contributed by atoms with Crippen molar-refractivity contribution in [2.75, 3.05) is 5.32 Å². The van der Waals surface area contributed by atoms with Gasteiger partial charge in [-0.1, -0.05) is 31.5 Å². The monoisotopic (exact) mass is 429 g/mol. The number of benzene rings is 3. The van der Waals surface area contributed by atoms with Crippen molar-refractivity contribution in [2.45, 2.75) is 33.1 Å². The van der Waals surface area contributed by atoms with Gasteiger partial charge in [-0.15, -0.1) is 10.2 Å². The number of rotatable bonds is 7. The second-order valence-corrected chi connectivity index (χ2v) is 7.62. The molecule has 1 aromatic heterocycles. The fraction of sp³-hybridized carbons (Fsp3) is 0.208. The van der Waals surface area contributed by atoms with Gasteiger partial charge in [0.25, 0.3) is 11.6 Å². The van der Waals surface area contributed by atoms with E-state index in [0.29, 0.717) is 22.3 Å². The summed E-state index contributed by atoms with van der Waals surface area (Å²) in [6.45, 7) is 3.74. The van der Waals surface area contributed by atoms with E-state index >= 15 is 0 Å². The lowest BCUT2D eigenvalue weighted by atomic mass is 10.1. The van der Waals surface area contributed by atoms with Crippen molar-refractivity contribution in [2.24, 2.45) is 0 Å². The number of carbonyl (C=O) groups is 1. The predicted octanol–water partition coefficient (Wildman–Crippen LogP) is 5.23. The highest BCUT2D eigenvalue weighted by Crippen LogP contribution is 2.23. The number of nitrogens with zero attached hydrogens (tertiary/aromatic N) is 4. The molecule has 4 aromatic rings. The predicted molar refractivity (Wildman–Crippen MR) is 123 cm³/mol. The van der Waals surface area contributed by atoms with Gasteiger partial charge in [0.1, 0.15) is 11.0 Å². The molecule has 0 unspecified atom stereocenters. The fourth-order valence-corrected chi connectivity index (χ4v) is 3.55. The second kappa shape index (κ2) is 8.97. The van der Waals surface area contributed by atoms with E-state index in [-0.39, 0.29) is 11.3 Å². The number of fused-ring (bicyclic) bond motifs is 1. The minimum atomic E-state index is -0.493. The number of nitro groups is 1. The van der Waals surface area contributed by atoms with Crippen LogP contribution in [0.2, 0.25) is 0 Å². The zero-order valence-electron chi connectivity index (χ0n) is 17.9. The Kier molecular flexibility index (Phi) is 5.93.